The molecule has 1 unspecified atom stereocenters. The number of esters is 1. The molecule has 0 amide bonds. The second-order valence-electron chi connectivity index (χ2n) is 5.26. The summed E-state index contributed by atoms with van der Waals surface area (Å²) in [6, 6.07) is 3.69. The van der Waals surface area contributed by atoms with E-state index in [1.165, 1.54) is 14.2 Å². The zero-order valence-electron chi connectivity index (χ0n) is 11.8. The second kappa shape index (κ2) is 5.92. The zero-order chi connectivity index (χ0) is 14.8. The molecule has 0 fully saturated rings. The highest BCUT2D eigenvalue weighted by atomic mass is 79.9. The maximum Gasteiger partial charge on any atom is 0.339 e. The van der Waals surface area contributed by atoms with Crippen LogP contribution in [0.3, 0.4) is 0 Å². The quantitative estimate of drug-likeness (QED) is 0.865. The van der Waals surface area contributed by atoms with Crippen LogP contribution in [0.4, 0.5) is 0 Å². The van der Waals surface area contributed by atoms with Crippen molar-refractivity contribution < 1.29 is 19.4 Å². The smallest absolute Gasteiger partial charge is 0.339 e. The molecule has 19 heavy (non-hydrogen) atoms. The van der Waals surface area contributed by atoms with E-state index in [1.807, 2.05) is 6.07 Å². The average molecular weight is 331 g/mol. The van der Waals surface area contributed by atoms with Gasteiger partial charge in [-0.1, -0.05) is 20.8 Å². The fraction of sp³-hybridized carbons (Fsp3) is 0.500. The highest BCUT2D eigenvalue weighted by Gasteiger charge is 2.26. The molecule has 0 heterocycles. The summed E-state index contributed by atoms with van der Waals surface area (Å²) in [5.41, 5.74) is 1.27. The monoisotopic (exact) mass is 330 g/mol. The molecule has 1 N–H and O–H groups in total. The molecule has 4 nitrogen and oxygen atoms in total. The molecule has 0 aliphatic carbocycles. The van der Waals surface area contributed by atoms with Crippen LogP contribution in [0.1, 0.15) is 38.0 Å². The van der Waals surface area contributed by atoms with E-state index in [1.54, 1.807) is 6.07 Å². The van der Waals surface area contributed by atoms with Gasteiger partial charge in [-0.3, -0.25) is 0 Å². The first-order valence-corrected chi connectivity index (χ1v) is 6.65. The van der Waals surface area contributed by atoms with E-state index in [-0.39, 0.29) is 5.41 Å². The number of hydrogen-bond acceptors (Lipinski definition) is 4. The van der Waals surface area contributed by atoms with Gasteiger partial charge >= 0.3 is 5.97 Å². The van der Waals surface area contributed by atoms with Crippen LogP contribution in [0.2, 0.25) is 0 Å². The van der Waals surface area contributed by atoms with Crippen molar-refractivity contribution in [3.63, 3.8) is 0 Å². The summed E-state index contributed by atoms with van der Waals surface area (Å²) in [6.45, 7) is 6.15. The van der Waals surface area contributed by atoms with Crippen LogP contribution in [-0.2, 0) is 14.9 Å². The summed E-state index contributed by atoms with van der Waals surface area (Å²) < 4.78 is 10.5. The van der Waals surface area contributed by atoms with E-state index in [2.05, 4.69) is 41.4 Å². The number of rotatable bonds is 3. The second-order valence-corrected chi connectivity index (χ2v) is 6.11. The summed E-state index contributed by atoms with van der Waals surface area (Å²) >= 11 is 3.40. The highest BCUT2D eigenvalue weighted by molar-refractivity contribution is 9.10. The highest BCUT2D eigenvalue weighted by Crippen LogP contribution is 2.38. The van der Waals surface area contributed by atoms with Gasteiger partial charge < -0.3 is 14.6 Å². The molecule has 1 atom stereocenters. The number of methoxy groups -OCH3 is 2. The van der Waals surface area contributed by atoms with E-state index in [0.29, 0.717) is 15.8 Å². The number of carbonyl (C=O) groups excluding carboxylic acids is 1. The number of hydrogen-bond donors (Lipinski definition) is 1. The molecule has 0 radical (unpaired) electrons. The number of carbonyl (C=O) groups is 1. The van der Waals surface area contributed by atoms with Gasteiger partial charge in [-0.05, 0) is 39.0 Å². The minimum Gasteiger partial charge on any atom is -0.495 e. The average Bonchev–Trinajstić information content (AvgIpc) is 2.34. The van der Waals surface area contributed by atoms with Crippen molar-refractivity contribution in [1.29, 1.82) is 0 Å². The van der Waals surface area contributed by atoms with Gasteiger partial charge in [0.15, 0.2) is 6.10 Å². The van der Waals surface area contributed by atoms with Crippen LogP contribution in [0, 0.1) is 0 Å². The van der Waals surface area contributed by atoms with E-state index >= 15 is 0 Å². The Morgan fingerprint density at radius 2 is 1.89 bits per heavy atom. The molecule has 0 spiro atoms. The Hall–Kier alpha value is -1.07. The third-order valence-electron chi connectivity index (χ3n) is 2.86. The molecule has 1 aromatic rings. The zero-order valence-corrected chi connectivity index (χ0v) is 13.4. The Balaban J connectivity index is 3.43. The molecule has 0 aliphatic rings. The number of ether oxygens (including phenoxy) is 2. The van der Waals surface area contributed by atoms with E-state index < -0.39 is 12.1 Å². The van der Waals surface area contributed by atoms with Crippen molar-refractivity contribution in [2.24, 2.45) is 0 Å². The number of aliphatic hydroxyl groups excluding tert-OH is 1. The van der Waals surface area contributed by atoms with Crippen LogP contribution >= 0.6 is 15.9 Å². The van der Waals surface area contributed by atoms with Crippen molar-refractivity contribution >= 4 is 21.9 Å². The Morgan fingerprint density at radius 3 is 2.32 bits per heavy atom. The molecule has 5 heteroatoms. The lowest BCUT2D eigenvalue weighted by Gasteiger charge is -2.23. The Morgan fingerprint density at radius 1 is 1.32 bits per heavy atom. The first-order chi connectivity index (χ1) is 8.72. The van der Waals surface area contributed by atoms with Crippen LogP contribution in [-0.4, -0.2) is 25.3 Å². The maximum atomic E-state index is 11.5. The molecule has 0 saturated carbocycles. The normalized spacial score (nSPS) is 13.0. The first kappa shape index (κ1) is 16.0. The van der Waals surface area contributed by atoms with Crippen LogP contribution in [0.25, 0.3) is 0 Å². The third-order valence-corrected chi connectivity index (χ3v) is 3.45. The van der Waals surface area contributed by atoms with Gasteiger partial charge in [-0.15, -0.1) is 0 Å². The van der Waals surface area contributed by atoms with Gasteiger partial charge in [0.05, 0.1) is 18.7 Å². The fourth-order valence-electron chi connectivity index (χ4n) is 1.70. The minimum absolute atomic E-state index is 0.112. The maximum absolute atomic E-state index is 11.5. The largest absolute Gasteiger partial charge is 0.495 e. The van der Waals surface area contributed by atoms with Gasteiger partial charge in [-0.25, -0.2) is 4.79 Å². The molecular formula is C14H19BrO4. The van der Waals surface area contributed by atoms with E-state index in [0.717, 1.165) is 5.56 Å². The summed E-state index contributed by atoms with van der Waals surface area (Å²) in [7, 11) is 2.73. The minimum atomic E-state index is -1.36. The summed E-state index contributed by atoms with van der Waals surface area (Å²) in [5.74, 6) is -0.276. The van der Waals surface area contributed by atoms with Crippen molar-refractivity contribution in [1.82, 2.24) is 0 Å². The van der Waals surface area contributed by atoms with E-state index in [9.17, 15) is 9.90 Å². The van der Waals surface area contributed by atoms with Gasteiger partial charge in [0.2, 0.25) is 0 Å². The Bertz CT molecular complexity index is 477. The summed E-state index contributed by atoms with van der Waals surface area (Å²) in [4.78, 5) is 11.5. The van der Waals surface area contributed by atoms with Crippen LogP contribution < -0.4 is 4.74 Å². The van der Waals surface area contributed by atoms with Crippen molar-refractivity contribution in [2.75, 3.05) is 14.2 Å². The molecule has 0 aliphatic heterocycles. The Labute approximate surface area is 121 Å². The molecule has 0 saturated heterocycles. The Kier molecular flexibility index (Phi) is 4.98. The van der Waals surface area contributed by atoms with Crippen molar-refractivity contribution in [2.45, 2.75) is 32.3 Å². The molecule has 1 aromatic carbocycles. The topological polar surface area (TPSA) is 55.8 Å². The lowest BCUT2D eigenvalue weighted by Crippen LogP contribution is -2.17. The fourth-order valence-corrected chi connectivity index (χ4v) is 2.34. The van der Waals surface area contributed by atoms with E-state index in [4.69, 9.17) is 4.74 Å². The number of aliphatic hydroxyl groups is 1. The molecule has 0 bridgehead atoms. The van der Waals surface area contributed by atoms with Crippen LogP contribution in [0.5, 0.6) is 5.75 Å². The predicted octanol–water partition coefficient (Wildman–Crippen LogP) is 2.96. The SMILES string of the molecule is COC(=O)C(O)c1cc(C(C)(C)C)cc(Br)c1OC. The predicted molar refractivity (Wildman–Crippen MR) is 76.4 cm³/mol. The lowest BCUT2D eigenvalue weighted by molar-refractivity contribution is -0.150. The standard InChI is InChI=1S/C14H19BrO4/c1-14(2,3)8-6-9(11(16)13(17)19-5)12(18-4)10(15)7-8/h6-7,11,16H,1-5H3. The molecule has 0 aromatic heterocycles. The van der Waals surface area contributed by atoms with Crippen molar-refractivity contribution in [3.8, 4) is 5.75 Å². The van der Waals surface area contributed by atoms with Gasteiger partial charge in [0, 0.05) is 5.56 Å². The van der Waals surface area contributed by atoms with Gasteiger partial charge in [0.25, 0.3) is 0 Å². The summed E-state index contributed by atoms with van der Waals surface area (Å²) in [5, 5.41) is 10.0. The van der Waals surface area contributed by atoms with Gasteiger partial charge in [-0.2, -0.15) is 0 Å². The van der Waals surface area contributed by atoms with Crippen LogP contribution in [0.15, 0.2) is 16.6 Å². The van der Waals surface area contributed by atoms with Crippen molar-refractivity contribution in [3.05, 3.63) is 27.7 Å². The first-order valence-electron chi connectivity index (χ1n) is 5.86. The third kappa shape index (κ3) is 3.48. The molecule has 106 valence electrons. The lowest BCUT2D eigenvalue weighted by atomic mass is 9.85. The number of halogens is 1. The molecule has 1 rings (SSSR count). The summed E-state index contributed by atoms with van der Waals surface area (Å²) in [6.07, 6.45) is -1.36. The number of benzene rings is 1. The molecular weight excluding hydrogens is 312 g/mol. The van der Waals surface area contributed by atoms with Gasteiger partial charge in [0.1, 0.15) is 5.75 Å².